The number of aromatic nitrogens is 2. The molecule has 0 aliphatic carbocycles. The molecular weight excluding hydrogens is 302 g/mol. The number of hydrogen-bond acceptors (Lipinski definition) is 3. The number of benzene rings is 1. The first kappa shape index (κ1) is 14.9. The fraction of sp³-hybridized carbons (Fsp3) is 0.263. The summed E-state index contributed by atoms with van der Waals surface area (Å²) in [6, 6.07) is 9.99. The van der Waals surface area contributed by atoms with Crippen molar-refractivity contribution in [2.45, 2.75) is 6.92 Å². The minimum absolute atomic E-state index is 0.0205. The van der Waals surface area contributed by atoms with Crippen molar-refractivity contribution in [3.05, 3.63) is 53.9 Å². The molecule has 0 bridgehead atoms. The van der Waals surface area contributed by atoms with Crippen molar-refractivity contribution in [1.29, 1.82) is 0 Å². The number of H-pyrrole nitrogens is 1. The third-order valence-corrected chi connectivity index (χ3v) is 4.51. The molecule has 1 N–H and O–H groups in total. The van der Waals surface area contributed by atoms with E-state index in [0.29, 0.717) is 31.9 Å². The van der Waals surface area contributed by atoms with E-state index in [9.17, 15) is 4.79 Å². The number of para-hydroxylation sites is 1. The van der Waals surface area contributed by atoms with E-state index in [0.717, 1.165) is 22.2 Å². The SMILES string of the molecule is Cc1cccc2c(-c3ccc(C(=O)N4CCOCC4)cn3)c[nH]c12. The third-order valence-electron chi connectivity index (χ3n) is 4.51. The predicted octanol–water partition coefficient (Wildman–Crippen LogP) is 3.01. The molecule has 3 aromatic rings. The molecule has 122 valence electrons. The van der Waals surface area contributed by atoms with Crippen LogP contribution < -0.4 is 0 Å². The van der Waals surface area contributed by atoms with Crippen LogP contribution in [0.5, 0.6) is 0 Å². The van der Waals surface area contributed by atoms with Gasteiger partial charge in [-0.15, -0.1) is 0 Å². The van der Waals surface area contributed by atoms with Crippen LogP contribution in [0.25, 0.3) is 22.2 Å². The van der Waals surface area contributed by atoms with E-state index in [1.54, 1.807) is 6.20 Å². The number of nitrogens with one attached hydrogen (secondary N) is 1. The van der Waals surface area contributed by atoms with Crippen LogP contribution in [0.3, 0.4) is 0 Å². The molecule has 1 amide bonds. The monoisotopic (exact) mass is 321 g/mol. The zero-order valence-corrected chi connectivity index (χ0v) is 13.6. The highest BCUT2D eigenvalue weighted by Gasteiger charge is 2.19. The third kappa shape index (κ3) is 2.57. The number of pyridine rings is 1. The number of aryl methyl sites for hydroxylation is 1. The molecule has 1 aliphatic heterocycles. The van der Waals surface area contributed by atoms with Gasteiger partial charge in [0.15, 0.2) is 0 Å². The lowest BCUT2D eigenvalue weighted by Gasteiger charge is -2.26. The normalized spacial score (nSPS) is 15.0. The van der Waals surface area contributed by atoms with Crippen LogP contribution in [0, 0.1) is 6.92 Å². The van der Waals surface area contributed by atoms with E-state index < -0.39 is 0 Å². The first-order chi connectivity index (χ1) is 11.7. The summed E-state index contributed by atoms with van der Waals surface area (Å²) in [5.74, 6) is 0.0205. The van der Waals surface area contributed by atoms with Crippen molar-refractivity contribution in [3.8, 4) is 11.3 Å². The highest BCUT2D eigenvalue weighted by Crippen LogP contribution is 2.28. The molecule has 0 saturated carbocycles. The zero-order valence-electron chi connectivity index (χ0n) is 13.6. The van der Waals surface area contributed by atoms with Crippen LogP contribution in [-0.2, 0) is 4.74 Å². The predicted molar refractivity (Wildman–Crippen MR) is 93.0 cm³/mol. The smallest absolute Gasteiger partial charge is 0.255 e. The molecule has 1 fully saturated rings. The Balaban J connectivity index is 1.63. The summed E-state index contributed by atoms with van der Waals surface area (Å²) < 4.78 is 5.29. The Morgan fingerprint density at radius 3 is 2.79 bits per heavy atom. The van der Waals surface area contributed by atoms with Crippen molar-refractivity contribution >= 4 is 16.8 Å². The molecule has 5 heteroatoms. The molecule has 0 spiro atoms. The van der Waals surface area contributed by atoms with Crippen molar-refractivity contribution in [2.24, 2.45) is 0 Å². The quantitative estimate of drug-likeness (QED) is 0.789. The van der Waals surface area contributed by atoms with Gasteiger partial charge in [-0.25, -0.2) is 0 Å². The molecule has 24 heavy (non-hydrogen) atoms. The van der Waals surface area contributed by atoms with Crippen molar-refractivity contribution in [2.75, 3.05) is 26.3 Å². The maximum Gasteiger partial charge on any atom is 0.255 e. The Morgan fingerprint density at radius 1 is 1.21 bits per heavy atom. The second kappa shape index (κ2) is 6.09. The summed E-state index contributed by atoms with van der Waals surface area (Å²) in [5, 5.41) is 1.15. The highest BCUT2D eigenvalue weighted by atomic mass is 16.5. The van der Waals surface area contributed by atoms with Gasteiger partial charge in [0.05, 0.1) is 24.5 Å². The summed E-state index contributed by atoms with van der Waals surface area (Å²) in [4.78, 5) is 22.1. The van der Waals surface area contributed by atoms with Crippen LogP contribution in [-0.4, -0.2) is 47.1 Å². The summed E-state index contributed by atoms with van der Waals surface area (Å²) in [5.41, 5.74) is 4.88. The lowest BCUT2D eigenvalue weighted by molar-refractivity contribution is 0.0302. The minimum Gasteiger partial charge on any atom is -0.378 e. The van der Waals surface area contributed by atoms with Crippen molar-refractivity contribution in [1.82, 2.24) is 14.9 Å². The highest BCUT2D eigenvalue weighted by molar-refractivity contribution is 5.97. The van der Waals surface area contributed by atoms with E-state index in [1.165, 1.54) is 5.56 Å². The number of morpholine rings is 1. The summed E-state index contributed by atoms with van der Waals surface area (Å²) in [7, 11) is 0. The number of carbonyl (C=O) groups excluding carboxylic acids is 1. The summed E-state index contributed by atoms with van der Waals surface area (Å²) in [6.07, 6.45) is 3.64. The second-order valence-electron chi connectivity index (χ2n) is 6.04. The molecule has 3 heterocycles. The molecule has 1 saturated heterocycles. The van der Waals surface area contributed by atoms with Crippen LogP contribution in [0.1, 0.15) is 15.9 Å². The molecular formula is C19H19N3O2. The summed E-state index contributed by atoms with van der Waals surface area (Å²) in [6.45, 7) is 4.57. The maximum absolute atomic E-state index is 12.5. The van der Waals surface area contributed by atoms with Gasteiger partial charge >= 0.3 is 0 Å². The van der Waals surface area contributed by atoms with Crippen molar-refractivity contribution in [3.63, 3.8) is 0 Å². The Labute approximate surface area is 140 Å². The average molecular weight is 321 g/mol. The van der Waals surface area contributed by atoms with Crippen LogP contribution in [0.15, 0.2) is 42.7 Å². The largest absolute Gasteiger partial charge is 0.378 e. The van der Waals surface area contributed by atoms with Gasteiger partial charge in [-0.05, 0) is 24.6 Å². The number of fused-ring (bicyclic) bond motifs is 1. The fourth-order valence-corrected chi connectivity index (χ4v) is 3.15. The Morgan fingerprint density at radius 2 is 2.04 bits per heavy atom. The van der Waals surface area contributed by atoms with Crippen LogP contribution in [0.2, 0.25) is 0 Å². The summed E-state index contributed by atoms with van der Waals surface area (Å²) >= 11 is 0. The Kier molecular flexibility index (Phi) is 3.78. The standard InChI is InChI=1S/C19H19N3O2/c1-13-3-2-4-15-16(12-21-18(13)15)17-6-5-14(11-20-17)19(23)22-7-9-24-10-8-22/h2-6,11-12,21H,7-10H2,1H3. The number of nitrogens with zero attached hydrogens (tertiary/aromatic N) is 2. The van der Waals surface area contributed by atoms with E-state index in [-0.39, 0.29) is 5.91 Å². The van der Waals surface area contributed by atoms with Gasteiger partial charge in [0, 0.05) is 41.9 Å². The maximum atomic E-state index is 12.5. The molecule has 4 rings (SSSR count). The van der Waals surface area contributed by atoms with Gasteiger partial charge < -0.3 is 14.6 Å². The number of aromatic amines is 1. The molecule has 2 aromatic heterocycles. The van der Waals surface area contributed by atoms with Crippen LogP contribution >= 0.6 is 0 Å². The molecule has 0 atom stereocenters. The molecule has 1 aliphatic rings. The fourth-order valence-electron chi connectivity index (χ4n) is 3.15. The Bertz CT molecular complexity index is 877. The van der Waals surface area contributed by atoms with E-state index in [1.807, 2.05) is 29.3 Å². The van der Waals surface area contributed by atoms with E-state index in [4.69, 9.17) is 4.74 Å². The Hall–Kier alpha value is -2.66. The average Bonchev–Trinajstić information content (AvgIpc) is 3.07. The first-order valence-corrected chi connectivity index (χ1v) is 8.14. The molecule has 0 radical (unpaired) electrons. The molecule has 1 aromatic carbocycles. The lowest BCUT2D eigenvalue weighted by Crippen LogP contribution is -2.40. The van der Waals surface area contributed by atoms with Gasteiger partial charge in [-0.1, -0.05) is 18.2 Å². The minimum atomic E-state index is 0.0205. The first-order valence-electron chi connectivity index (χ1n) is 8.14. The number of rotatable bonds is 2. The van der Waals surface area contributed by atoms with E-state index >= 15 is 0 Å². The van der Waals surface area contributed by atoms with Gasteiger partial charge in [0.1, 0.15) is 0 Å². The number of hydrogen-bond donors (Lipinski definition) is 1. The molecule has 5 nitrogen and oxygen atoms in total. The number of ether oxygens (including phenoxy) is 1. The molecule has 0 unspecified atom stereocenters. The van der Waals surface area contributed by atoms with Crippen molar-refractivity contribution < 1.29 is 9.53 Å². The van der Waals surface area contributed by atoms with Gasteiger partial charge in [-0.2, -0.15) is 0 Å². The number of amides is 1. The lowest BCUT2D eigenvalue weighted by atomic mass is 10.1. The number of carbonyl (C=O) groups is 1. The van der Waals surface area contributed by atoms with E-state index in [2.05, 4.69) is 29.0 Å². The zero-order chi connectivity index (χ0) is 16.5. The second-order valence-corrected chi connectivity index (χ2v) is 6.04. The van der Waals surface area contributed by atoms with Gasteiger partial charge in [0.25, 0.3) is 5.91 Å². The van der Waals surface area contributed by atoms with Gasteiger partial charge in [-0.3, -0.25) is 9.78 Å². The van der Waals surface area contributed by atoms with Crippen LogP contribution in [0.4, 0.5) is 0 Å². The van der Waals surface area contributed by atoms with Gasteiger partial charge in [0.2, 0.25) is 0 Å². The topological polar surface area (TPSA) is 58.2 Å².